The molecule has 0 aliphatic carbocycles. The molecule has 0 atom stereocenters. The van der Waals surface area contributed by atoms with E-state index >= 15 is 0 Å². The molecule has 0 amide bonds. The third-order valence-corrected chi connectivity index (χ3v) is 2.41. The monoisotopic (exact) mass is 244 g/mol. The summed E-state index contributed by atoms with van der Waals surface area (Å²) in [5, 5.41) is 11.7. The molecule has 1 N–H and O–H groups in total. The van der Waals surface area contributed by atoms with E-state index in [1.807, 2.05) is 25.1 Å². The summed E-state index contributed by atoms with van der Waals surface area (Å²) < 4.78 is 0. The first kappa shape index (κ1) is 11.4. The van der Waals surface area contributed by atoms with Gasteiger partial charge in [0, 0.05) is 16.3 Å². The number of nitriles is 1. The molecule has 0 saturated heterocycles. The van der Waals surface area contributed by atoms with Gasteiger partial charge in [-0.3, -0.25) is 5.32 Å². The highest BCUT2D eigenvalue weighted by Crippen LogP contribution is 2.21. The van der Waals surface area contributed by atoms with Gasteiger partial charge in [-0.25, -0.2) is 9.97 Å². The molecular weight excluding hydrogens is 236 g/mol. The second-order valence-corrected chi connectivity index (χ2v) is 3.90. The van der Waals surface area contributed by atoms with Crippen molar-refractivity contribution in [1.82, 2.24) is 9.97 Å². The van der Waals surface area contributed by atoms with Crippen LogP contribution in [0.3, 0.4) is 0 Å². The summed E-state index contributed by atoms with van der Waals surface area (Å²) in [4.78, 5) is 8.33. The van der Waals surface area contributed by atoms with E-state index in [1.54, 1.807) is 18.3 Å². The Kier molecular flexibility index (Phi) is 3.22. The molecule has 17 heavy (non-hydrogen) atoms. The van der Waals surface area contributed by atoms with E-state index in [1.165, 1.54) is 0 Å². The lowest BCUT2D eigenvalue weighted by Crippen LogP contribution is -1.98. The Balaban J connectivity index is 2.45. The third kappa shape index (κ3) is 2.71. The molecule has 5 heteroatoms. The predicted molar refractivity (Wildman–Crippen MR) is 66.5 cm³/mol. The lowest BCUT2D eigenvalue weighted by atomic mass is 10.1. The van der Waals surface area contributed by atoms with Crippen LogP contribution in [-0.2, 0) is 0 Å². The zero-order valence-corrected chi connectivity index (χ0v) is 9.86. The third-order valence-electron chi connectivity index (χ3n) is 2.16. The van der Waals surface area contributed by atoms with Crippen LogP contribution in [0.1, 0.15) is 5.69 Å². The van der Waals surface area contributed by atoms with Crippen molar-refractivity contribution in [2.24, 2.45) is 0 Å². The van der Waals surface area contributed by atoms with Gasteiger partial charge < -0.3 is 0 Å². The summed E-state index contributed by atoms with van der Waals surface area (Å²) in [6.07, 6.45) is 1.80. The van der Waals surface area contributed by atoms with Gasteiger partial charge in [0.2, 0.25) is 5.95 Å². The largest absolute Gasteiger partial charge is 0.261 e. The van der Waals surface area contributed by atoms with Crippen molar-refractivity contribution in [3.63, 3.8) is 0 Å². The van der Waals surface area contributed by atoms with Gasteiger partial charge >= 0.3 is 0 Å². The molecule has 0 fully saturated rings. The molecular formula is C12H9ClN4. The average molecular weight is 245 g/mol. The summed E-state index contributed by atoms with van der Waals surface area (Å²) in [6, 6.07) is 9.20. The number of benzene rings is 1. The Labute approximate surface area is 104 Å². The maximum absolute atomic E-state index is 8.55. The molecule has 0 aliphatic heterocycles. The van der Waals surface area contributed by atoms with Crippen molar-refractivity contribution in [3.05, 3.63) is 41.0 Å². The van der Waals surface area contributed by atoms with Gasteiger partial charge in [-0.05, 0) is 25.1 Å². The Morgan fingerprint density at radius 3 is 2.59 bits per heavy atom. The zero-order chi connectivity index (χ0) is 12.3. The average Bonchev–Trinajstić information content (AvgIpc) is 2.29. The zero-order valence-electron chi connectivity index (χ0n) is 9.11. The van der Waals surface area contributed by atoms with Gasteiger partial charge in [0.25, 0.3) is 0 Å². The maximum atomic E-state index is 8.55. The maximum Gasteiger partial charge on any atom is 0.236 e. The highest BCUT2D eigenvalue weighted by molar-refractivity contribution is 6.30. The van der Waals surface area contributed by atoms with E-state index in [0.717, 1.165) is 17.0 Å². The van der Waals surface area contributed by atoms with Gasteiger partial charge in [0.1, 0.15) is 0 Å². The fourth-order valence-corrected chi connectivity index (χ4v) is 1.57. The first-order valence-electron chi connectivity index (χ1n) is 4.96. The number of rotatable bonds is 2. The fourth-order valence-electron chi connectivity index (χ4n) is 1.44. The first-order chi connectivity index (χ1) is 8.19. The van der Waals surface area contributed by atoms with Crippen molar-refractivity contribution in [2.75, 3.05) is 5.32 Å². The Hall–Kier alpha value is -2.12. The van der Waals surface area contributed by atoms with Crippen LogP contribution in [0.25, 0.3) is 11.3 Å². The molecule has 2 rings (SSSR count). The summed E-state index contributed by atoms with van der Waals surface area (Å²) in [7, 11) is 0. The molecule has 2 aromatic rings. The second kappa shape index (κ2) is 4.81. The van der Waals surface area contributed by atoms with E-state index in [2.05, 4.69) is 15.3 Å². The van der Waals surface area contributed by atoms with Crippen LogP contribution in [0.5, 0.6) is 0 Å². The molecule has 4 nitrogen and oxygen atoms in total. The number of hydrogen-bond donors (Lipinski definition) is 1. The minimum absolute atomic E-state index is 0.303. The highest BCUT2D eigenvalue weighted by Gasteiger charge is 2.04. The molecule has 1 aromatic heterocycles. The van der Waals surface area contributed by atoms with Crippen LogP contribution >= 0.6 is 11.6 Å². The van der Waals surface area contributed by atoms with Gasteiger partial charge in [0.15, 0.2) is 6.19 Å². The van der Waals surface area contributed by atoms with Crippen LogP contribution in [0.2, 0.25) is 5.02 Å². The Morgan fingerprint density at radius 1 is 1.24 bits per heavy atom. The molecule has 0 unspecified atom stereocenters. The number of aromatic nitrogens is 2. The standard InChI is InChI=1S/C12H9ClN4/c1-8-6-11(17-12(16-8)15-7-14)9-2-4-10(13)5-3-9/h2-6H,1H3,(H,15,16,17). The Bertz CT molecular complexity index is 572. The van der Waals surface area contributed by atoms with Gasteiger partial charge in [-0.1, -0.05) is 23.7 Å². The number of hydrogen-bond acceptors (Lipinski definition) is 4. The lowest BCUT2D eigenvalue weighted by Gasteiger charge is -2.04. The van der Waals surface area contributed by atoms with Gasteiger partial charge in [-0.2, -0.15) is 5.26 Å². The van der Waals surface area contributed by atoms with Crippen molar-refractivity contribution >= 4 is 17.5 Å². The summed E-state index contributed by atoms with van der Waals surface area (Å²) >= 11 is 5.82. The quantitative estimate of drug-likeness (QED) is 0.652. The van der Waals surface area contributed by atoms with Crippen molar-refractivity contribution in [2.45, 2.75) is 6.92 Å². The normalized spacial score (nSPS) is 9.71. The molecule has 0 saturated carbocycles. The van der Waals surface area contributed by atoms with Crippen LogP contribution in [0.15, 0.2) is 30.3 Å². The fraction of sp³-hybridized carbons (Fsp3) is 0.0833. The highest BCUT2D eigenvalue weighted by atomic mass is 35.5. The van der Waals surface area contributed by atoms with Crippen LogP contribution in [0, 0.1) is 18.4 Å². The first-order valence-corrected chi connectivity index (χ1v) is 5.33. The molecule has 1 aromatic carbocycles. The van der Waals surface area contributed by atoms with Crippen molar-refractivity contribution < 1.29 is 0 Å². The second-order valence-electron chi connectivity index (χ2n) is 3.46. The van der Waals surface area contributed by atoms with Crippen LogP contribution in [0.4, 0.5) is 5.95 Å². The number of halogens is 1. The molecule has 1 heterocycles. The minimum Gasteiger partial charge on any atom is -0.261 e. The molecule has 0 spiro atoms. The van der Waals surface area contributed by atoms with Crippen LogP contribution in [-0.4, -0.2) is 9.97 Å². The molecule has 0 aliphatic rings. The van der Waals surface area contributed by atoms with Crippen molar-refractivity contribution in [1.29, 1.82) is 5.26 Å². The number of nitrogens with one attached hydrogen (secondary N) is 1. The molecule has 0 bridgehead atoms. The van der Waals surface area contributed by atoms with E-state index in [4.69, 9.17) is 16.9 Å². The van der Waals surface area contributed by atoms with Gasteiger partial charge in [-0.15, -0.1) is 0 Å². The van der Waals surface area contributed by atoms with Crippen LogP contribution < -0.4 is 5.32 Å². The van der Waals surface area contributed by atoms with E-state index in [9.17, 15) is 0 Å². The lowest BCUT2D eigenvalue weighted by molar-refractivity contribution is 1.11. The van der Waals surface area contributed by atoms with Gasteiger partial charge in [0.05, 0.1) is 5.69 Å². The summed E-state index contributed by atoms with van der Waals surface area (Å²) in [5.74, 6) is 0.303. The minimum atomic E-state index is 0.303. The molecule has 84 valence electrons. The van der Waals surface area contributed by atoms with E-state index < -0.39 is 0 Å². The SMILES string of the molecule is Cc1cc(-c2ccc(Cl)cc2)nc(NC#N)n1. The number of nitrogens with zero attached hydrogens (tertiary/aromatic N) is 3. The smallest absolute Gasteiger partial charge is 0.236 e. The summed E-state index contributed by atoms with van der Waals surface area (Å²) in [6.45, 7) is 1.85. The topological polar surface area (TPSA) is 61.6 Å². The van der Waals surface area contributed by atoms with E-state index in [-0.39, 0.29) is 0 Å². The van der Waals surface area contributed by atoms with E-state index in [0.29, 0.717) is 11.0 Å². The van der Waals surface area contributed by atoms with Crippen molar-refractivity contribution in [3.8, 4) is 17.5 Å². The number of anilines is 1. The summed E-state index contributed by atoms with van der Waals surface area (Å²) in [5.41, 5.74) is 2.48. The molecule has 0 radical (unpaired) electrons. The predicted octanol–water partition coefficient (Wildman–Crippen LogP) is 3.00. The Morgan fingerprint density at radius 2 is 1.94 bits per heavy atom. The number of aryl methyl sites for hydroxylation is 1.